The first-order valence-electron chi connectivity index (χ1n) is 10.5. The van der Waals surface area contributed by atoms with Crippen LogP contribution in [0.4, 0.5) is 0 Å². The van der Waals surface area contributed by atoms with Crippen molar-refractivity contribution in [3.63, 3.8) is 0 Å². The molecular weight excluding hydrogens is 384 g/mol. The van der Waals surface area contributed by atoms with Crippen LogP contribution in [0, 0.1) is 13.8 Å². The normalized spacial score (nSPS) is 10.9. The smallest absolute Gasteiger partial charge is 0.339 e. The lowest BCUT2D eigenvalue weighted by atomic mass is 9.96. The molecule has 0 aliphatic heterocycles. The van der Waals surface area contributed by atoms with Gasteiger partial charge in [0, 0.05) is 11.1 Å². The van der Waals surface area contributed by atoms with Gasteiger partial charge in [0.1, 0.15) is 17.1 Å². The lowest BCUT2D eigenvalue weighted by molar-refractivity contribution is 0.0693. The van der Waals surface area contributed by atoms with Crippen molar-refractivity contribution in [1.82, 2.24) is 0 Å². The molecule has 2 rings (SSSR count). The zero-order chi connectivity index (χ0) is 22.3. The molecule has 0 aliphatic rings. The minimum Gasteiger partial charge on any atom is -0.507 e. The van der Waals surface area contributed by atoms with Gasteiger partial charge in [-0.25, -0.2) is 4.79 Å². The van der Waals surface area contributed by atoms with Crippen molar-refractivity contribution in [3.8, 4) is 23.0 Å². The van der Waals surface area contributed by atoms with Crippen LogP contribution in [0.15, 0.2) is 18.2 Å². The van der Waals surface area contributed by atoms with E-state index in [0.717, 1.165) is 48.8 Å². The number of phenolic OH excluding ortho intramolecular Hbond substituents is 2. The van der Waals surface area contributed by atoms with Gasteiger partial charge in [0.05, 0.1) is 6.61 Å². The Bertz CT molecular complexity index is 862. The highest BCUT2D eigenvalue weighted by Gasteiger charge is 2.17. The highest BCUT2D eigenvalue weighted by molar-refractivity contribution is 5.91. The van der Waals surface area contributed by atoms with Gasteiger partial charge >= 0.3 is 5.97 Å². The fourth-order valence-electron chi connectivity index (χ4n) is 3.61. The predicted octanol–water partition coefficient (Wildman–Crippen LogP) is 5.25. The summed E-state index contributed by atoms with van der Waals surface area (Å²) in [6.07, 6.45) is 5.66. The van der Waals surface area contributed by atoms with Crippen LogP contribution in [0.2, 0.25) is 0 Å². The highest BCUT2D eigenvalue weighted by Crippen LogP contribution is 2.35. The molecule has 2 aromatic rings. The van der Waals surface area contributed by atoms with E-state index in [0.29, 0.717) is 30.8 Å². The molecule has 30 heavy (non-hydrogen) atoms. The number of carbonyl (C=O) groups is 1. The third kappa shape index (κ3) is 5.59. The largest absolute Gasteiger partial charge is 0.507 e. The highest BCUT2D eigenvalue weighted by atomic mass is 16.5. The van der Waals surface area contributed by atoms with Crippen molar-refractivity contribution in [3.05, 3.63) is 46.0 Å². The molecular formula is C24H32O6. The van der Waals surface area contributed by atoms with Crippen LogP contribution in [-0.2, 0) is 12.8 Å². The van der Waals surface area contributed by atoms with Gasteiger partial charge in [0.25, 0.3) is 0 Å². The number of hydrogen-bond acceptors (Lipinski definition) is 5. The van der Waals surface area contributed by atoms with E-state index in [1.807, 2.05) is 20.8 Å². The first-order chi connectivity index (χ1) is 14.3. The van der Waals surface area contributed by atoms with E-state index in [-0.39, 0.29) is 22.8 Å². The van der Waals surface area contributed by atoms with E-state index in [1.54, 1.807) is 12.1 Å². The first kappa shape index (κ1) is 23.4. The zero-order valence-corrected chi connectivity index (χ0v) is 18.0. The SMILES string of the molecule is CCCc1c(OCCCCCCc2c(C)c(C)cc(O)c2O)ccc(C(=O)O)c1O. The number of ether oxygens (including phenoxy) is 1. The van der Waals surface area contributed by atoms with Gasteiger partial charge in [-0.1, -0.05) is 26.2 Å². The summed E-state index contributed by atoms with van der Waals surface area (Å²) in [5.41, 5.74) is 3.23. The molecule has 2 aromatic carbocycles. The average molecular weight is 417 g/mol. The van der Waals surface area contributed by atoms with E-state index in [2.05, 4.69) is 0 Å². The molecule has 0 amide bonds. The Balaban J connectivity index is 1.83. The fraction of sp³-hybridized carbons (Fsp3) is 0.458. The molecule has 0 spiro atoms. The van der Waals surface area contributed by atoms with Crippen LogP contribution in [0.3, 0.4) is 0 Å². The molecule has 0 aromatic heterocycles. The summed E-state index contributed by atoms with van der Waals surface area (Å²) in [6.45, 7) is 6.32. The Labute approximate surface area is 177 Å². The number of aromatic carboxylic acids is 1. The second-order valence-electron chi connectivity index (χ2n) is 7.67. The van der Waals surface area contributed by atoms with Gasteiger partial charge in [0.2, 0.25) is 0 Å². The molecule has 0 saturated carbocycles. The zero-order valence-electron chi connectivity index (χ0n) is 18.0. The fourth-order valence-corrected chi connectivity index (χ4v) is 3.61. The van der Waals surface area contributed by atoms with Crippen molar-refractivity contribution in [1.29, 1.82) is 0 Å². The Kier molecular flexibility index (Phi) is 8.39. The van der Waals surface area contributed by atoms with Crippen molar-refractivity contribution in [2.45, 2.75) is 65.7 Å². The number of aromatic hydroxyl groups is 3. The lowest BCUT2D eigenvalue weighted by Crippen LogP contribution is -2.04. The van der Waals surface area contributed by atoms with Gasteiger partial charge < -0.3 is 25.2 Å². The van der Waals surface area contributed by atoms with Gasteiger partial charge in [-0.3, -0.25) is 0 Å². The average Bonchev–Trinajstić information content (AvgIpc) is 2.70. The number of unbranched alkanes of at least 4 members (excludes halogenated alkanes) is 3. The van der Waals surface area contributed by atoms with Crippen LogP contribution in [0.5, 0.6) is 23.0 Å². The molecule has 0 atom stereocenters. The summed E-state index contributed by atoms with van der Waals surface area (Å²) >= 11 is 0. The molecule has 0 unspecified atom stereocenters. The topological polar surface area (TPSA) is 107 Å². The maximum absolute atomic E-state index is 11.2. The van der Waals surface area contributed by atoms with E-state index in [4.69, 9.17) is 9.84 Å². The minimum absolute atomic E-state index is 0.0190. The number of aryl methyl sites for hydroxylation is 1. The van der Waals surface area contributed by atoms with E-state index < -0.39 is 5.97 Å². The van der Waals surface area contributed by atoms with E-state index in [9.17, 15) is 20.1 Å². The van der Waals surface area contributed by atoms with Gasteiger partial charge in [-0.05, 0) is 68.9 Å². The minimum atomic E-state index is -1.15. The number of rotatable bonds is 11. The van der Waals surface area contributed by atoms with Crippen LogP contribution < -0.4 is 4.74 Å². The summed E-state index contributed by atoms with van der Waals surface area (Å²) < 4.78 is 5.81. The summed E-state index contributed by atoms with van der Waals surface area (Å²) in [7, 11) is 0. The van der Waals surface area contributed by atoms with Crippen molar-refractivity contribution >= 4 is 5.97 Å². The molecule has 4 N–H and O–H groups in total. The summed E-state index contributed by atoms with van der Waals surface area (Å²) in [5, 5.41) is 39.3. The maximum Gasteiger partial charge on any atom is 0.339 e. The van der Waals surface area contributed by atoms with Crippen LogP contribution in [0.1, 0.15) is 71.6 Å². The van der Waals surface area contributed by atoms with Gasteiger partial charge in [-0.2, -0.15) is 0 Å². The Morgan fingerprint density at radius 2 is 1.63 bits per heavy atom. The second kappa shape index (κ2) is 10.8. The molecule has 0 saturated heterocycles. The monoisotopic (exact) mass is 416 g/mol. The van der Waals surface area contributed by atoms with Crippen LogP contribution in [-0.4, -0.2) is 33.0 Å². The molecule has 6 nitrogen and oxygen atoms in total. The predicted molar refractivity (Wildman–Crippen MR) is 116 cm³/mol. The Hall–Kier alpha value is -2.89. The molecule has 0 radical (unpaired) electrons. The van der Waals surface area contributed by atoms with Crippen LogP contribution in [0.25, 0.3) is 0 Å². The standard InChI is InChI=1S/C24H32O6/c1-4-9-18-21(12-11-19(22(18)26)24(28)29)30-13-8-6-5-7-10-17-16(3)15(2)14-20(25)23(17)27/h11-12,14,25-27H,4-10,13H2,1-3H3,(H,28,29). The summed E-state index contributed by atoms with van der Waals surface area (Å²) in [5.74, 6) is -0.913. The number of carboxylic acid groups (broad SMARTS) is 1. The number of phenols is 3. The molecule has 6 heteroatoms. The Morgan fingerprint density at radius 3 is 2.30 bits per heavy atom. The molecule has 0 bridgehead atoms. The first-order valence-corrected chi connectivity index (χ1v) is 10.5. The second-order valence-corrected chi connectivity index (χ2v) is 7.67. The Morgan fingerprint density at radius 1 is 0.933 bits per heavy atom. The van der Waals surface area contributed by atoms with Crippen molar-refractivity contribution in [2.75, 3.05) is 6.61 Å². The number of carboxylic acids is 1. The maximum atomic E-state index is 11.2. The van der Waals surface area contributed by atoms with Crippen molar-refractivity contribution < 1.29 is 30.0 Å². The molecule has 0 fully saturated rings. The third-order valence-corrected chi connectivity index (χ3v) is 5.47. The molecule has 164 valence electrons. The van der Waals surface area contributed by atoms with Crippen molar-refractivity contribution in [2.24, 2.45) is 0 Å². The van der Waals surface area contributed by atoms with Gasteiger partial charge in [-0.15, -0.1) is 0 Å². The quantitative estimate of drug-likeness (QED) is 0.294. The third-order valence-electron chi connectivity index (χ3n) is 5.47. The van der Waals surface area contributed by atoms with Gasteiger partial charge in [0.15, 0.2) is 11.5 Å². The summed E-state index contributed by atoms with van der Waals surface area (Å²) in [4.78, 5) is 11.2. The number of benzene rings is 2. The number of hydrogen-bond donors (Lipinski definition) is 4. The molecule has 0 aliphatic carbocycles. The van der Waals surface area contributed by atoms with Crippen LogP contribution >= 0.6 is 0 Å². The lowest BCUT2D eigenvalue weighted by Gasteiger charge is -2.14. The van der Waals surface area contributed by atoms with E-state index >= 15 is 0 Å². The summed E-state index contributed by atoms with van der Waals surface area (Å²) in [6, 6.07) is 4.57. The molecule has 0 heterocycles. The van der Waals surface area contributed by atoms with E-state index in [1.165, 1.54) is 6.07 Å².